The lowest BCUT2D eigenvalue weighted by Crippen LogP contribution is -2.27. The quantitative estimate of drug-likeness (QED) is 0.728. The molecule has 0 aliphatic carbocycles. The summed E-state index contributed by atoms with van der Waals surface area (Å²) in [6.45, 7) is 3.23. The summed E-state index contributed by atoms with van der Waals surface area (Å²) in [6, 6.07) is 3.71. The van der Waals surface area contributed by atoms with Crippen molar-refractivity contribution in [2.24, 2.45) is 5.92 Å². The topological polar surface area (TPSA) is 42.2 Å². The van der Waals surface area contributed by atoms with Gasteiger partial charge in [-0.1, -0.05) is 32.6 Å². The average molecular weight is 309 g/mol. The van der Waals surface area contributed by atoms with Gasteiger partial charge < -0.3 is 9.47 Å². The molecule has 0 N–H and O–H groups in total. The normalized spacial score (nSPS) is 21.5. The van der Waals surface area contributed by atoms with Gasteiger partial charge in [0.25, 0.3) is 0 Å². The van der Waals surface area contributed by atoms with Gasteiger partial charge in [-0.05, 0) is 18.6 Å². The van der Waals surface area contributed by atoms with E-state index in [0.29, 0.717) is 19.1 Å². The van der Waals surface area contributed by atoms with Crippen molar-refractivity contribution in [2.75, 3.05) is 13.2 Å². The molecule has 0 atom stereocenters. The molecule has 2 rings (SSSR count). The molecule has 0 amide bonds. The van der Waals surface area contributed by atoms with E-state index in [9.17, 15) is 8.78 Å². The fraction of sp³-hybridized carbons (Fsp3) is 0.588. The van der Waals surface area contributed by atoms with Crippen molar-refractivity contribution in [3.63, 3.8) is 0 Å². The third-order valence-electron chi connectivity index (χ3n) is 3.88. The van der Waals surface area contributed by atoms with E-state index in [1.54, 1.807) is 0 Å². The Morgan fingerprint density at radius 2 is 1.77 bits per heavy atom. The van der Waals surface area contributed by atoms with Gasteiger partial charge in [0, 0.05) is 11.5 Å². The highest BCUT2D eigenvalue weighted by Crippen LogP contribution is 2.29. The third-order valence-corrected chi connectivity index (χ3v) is 3.88. The number of rotatable bonds is 6. The van der Waals surface area contributed by atoms with Crippen LogP contribution >= 0.6 is 0 Å². The first-order valence-electron chi connectivity index (χ1n) is 7.78. The summed E-state index contributed by atoms with van der Waals surface area (Å²) < 4.78 is 38.4. The van der Waals surface area contributed by atoms with Crippen molar-refractivity contribution in [1.82, 2.24) is 0 Å². The molecule has 0 unspecified atom stereocenters. The van der Waals surface area contributed by atoms with E-state index in [0.717, 1.165) is 25.0 Å². The summed E-state index contributed by atoms with van der Waals surface area (Å²) in [5, 5.41) is 8.66. The second-order valence-electron chi connectivity index (χ2n) is 5.69. The van der Waals surface area contributed by atoms with Crippen LogP contribution in [0.5, 0.6) is 0 Å². The molecule has 0 bridgehead atoms. The lowest BCUT2D eigenvalue weighted by molar-refractivity contribution is -0.206. The van der Waals surface area contributed by atoms with Crippen LogP contribution in [0, 0.1) is 28.9 Å². The summed E-state index contributed by atoms with van der Waals surface area (Å²) in [5.41, 5.74) is -0.299. The van der Waals surface area contributed by atoms with E-state index in [2.05, 4.69) is 6.92 Å². The van der Waals surface area contributed by atoms with Gasteiger partial charge in [0.15, 0.2) is 6.29 Å². The lowest BCUT2D eigenvalue weighted by atomic mass is 10.0. The van der Waals surface area contributed by atoms with Gasteiger partial charge in [-0.2, -0.15) is 5.26 Å². The number of nitrogens with zero attached hydrogens (tertiary/aromatic N) is 1. The van der Waals surface area contributed by atoms with Crippen molar-refractivity contribution in [2.45, 2.75) is 45.3 Å². The van der Waals surface area contributed by atoms with Gasteiger partial charge in [-0.3, -0.25) is 0 Å². The van der Waals surface area contributed by atoms with Crippen molar-refractivity contribution in [1.29, 1.82) is 5.26 Å². The first-order chi connectivity index (χ1) is 10.7. The van der Waals surface area contributed by atoms with Gasteiger partial charge >= 0.3 is 0 Å². The summed E-state index contributed by atoms with van der Waals surface area (Å²) in [4.78, 5) is 0. The zero-order valence-electron chi connectivity index (χ0n) is 12.8. The maximum absolute atomic E-state index is 13.6. The van der Waals surface area contributed by atoms with E-state index in [1.165, 1.54) is 25.3 Å². The number of hydrogen-bond acceptors (Lipinski definition) is 3. The van der Waals surface area contributed by atoms with Crippen LogP contribution in [-0.2, 0) is 9.47 Å². The van der Waals surface area contributed by atoms with E-state index < -0.39 is 23.5 Å². The fourth-order valence-corrected chi connectivity index (χ4v) is 2.60. The molecule has 1 saturated heterocycles. The second kappa shape index (κ2) is 8.21. The molecule has 0 radical (unpaired) electrons. The van der Waals surface area contributed by atoms with E-state index in [1.807, 2.05) is 0 Å². The van der Waals surface area contributed by atoms with Crippen LogP contribution < -0.4 is 0 Å². The SMILES string of the molecule is CCCCCC[C@H]1CO[C@H](c2cc(F)c(C#N)c(F)c2)OC1. The second-order valence-corrected chi connectivity index (χ2v) is 5.69. The van der Waals surface area contributed by atoms with Gasteiger partial charge in [0.05, 0.1) is 13.2 Å². The van der Waals surface area contributed by atoms with Crippen molar-refractivity contribution < 1.29 is 18.3 Å². The summed E-state index contributed by atoms with van der Waals surface area (Å²) in [5.74, 6) is -1.43. The minimum absolute atomic E-state index is 0.276. The number of ether oxygens (including phenoxy) is 2. The molecule has 5 heteroatoms. The van der Waals surface area contributed by atoms with Crippen molar-refractivity contribution >= 4 is 0 Å². The van der Waals surface area contributed by atoms with Crippen LogP contribution in [0.1, 0.15) is 56.4 Å². The molecule has 1 fully saturated rings. The Morgan fingerprint density at radius 3 is 2.32 bits per heavy atom. The van der Waals surface area contributed by atoms with E-state index in [4.69, 9.17) is 14.7 Å². The highest BCUT2D eigenvalue weighted by molar-refractivity contribution is 5.35. The van der Waals surface area contributed by atoms with Crippen LogP contribution in [0.3, 0.4) is 0 Å². The monoisotopic (exact) mass is 309 g/mol. The maximum atomic E-state index is 13.6. The van der Waals surface area contributed by atoms with Crippen molar-refractivity contribution in [3.05, 3.63) is 34.9 Å². The minimum atomic E-state index is -0.883. The molecule has 1 heterocycles. The molecular weight excluding hydrogens is 288 g/mol. The standard InChI is InChI=1S/C17H21F2NO2/c1-2-3-4-5-6-12-10-21-17(22-11-12)13-7-15(18)14(9-20)16(19)8-13/h7-8,12,17H,2-6,10-11H2,1H3/t12-,17-. The number of benzene rings is 1. The van der Waals surface area contributed by atoms with E-state index >= 15 is 0 Å². The Kier molecular flexibility index (Phi) is 6.29. The summed E-state index contributed by atoms with van der Waals surface area (Å²) >= 11 is 0. The van der Waals surface area contributed by atoms with Gasteiger partial charge in [0.1, 0.15) is 23.3 Å². The molecule has 120 valence electrons. The number of hydrogen-bond donors (Lipinski definition) is 0. The molecule has 1 aliphatic heterocycles. The Labute approximate surface area is 129 Å². The smallest absolute Gasteiger partial charge is 0.184 e. The maximum Gasteiger partial charge on any atom is 0.184 e. The van der Waals surface area contributed by atoms with Crippen molar-refractivity contribution in [3.8, 4) is 6.07 Å². The Balaban J connectivity index is 1.88. The number of nitriles is 1. The predicted molar refractivity (Wildman–Crippen MR) is 78.0 cm³/mol. The summed E-state index contributed by atoms with van der Waals surface area (Å²) in [7, 11) is 0. The minimum Gasteiger partial charge on any atom is -0.348 e. The molecule has 3 nitrogen and oxygen atoms in total. The van der Waals surface area contributed by atoms with E-state index in [-0.39, 0.29) is 5.56 Å². The molecule has 1 aromatic carbocycles. The average Bonchev–Trinajstić information content (AvgIpc) is 2.52. The highest BCUT2D eigenvalue weighted by atomic mass is 19.1. The molecular formula is C17H21F2NO2. The first kappa shape index (κ1) is 16.9. The van der Waals surface area contributed by atoms with Crippen LogP contribution in [0.2, 0.25) is 0 Å². The fourth-order valence-electron chi connectivity index (χ4n) is 2.60. The van der Waals surface area contributed by atoms with Crippen LogP contribution in [0.15, 0.2) is 12.1 Å². The molecule has 22 heavy (non-hydrogen) atoms. The van der Waals surface area contributed by atoms with Crippen LogP contribution in [0.25, 0.3) is 0 Å². The first-order valence-corrected chi connectivity index (χ1v) is 7.78. The van der Waals surface area contributed by atoms with Gasteiger partial charge in [0.2, 0.25) is 0 Å². The largest absolute Gasteiger partial charge is 0.348 e. The van der Waals surface area contributed by atoms with Gasteiger partial charge in [-0.25, -0.2) is 8.78 Å². The predicted octanol–water partition coefficient (Wildman–Crippen LogP) is 4.47. The lowest BCUT2D eigenvalue weighted by Gasteiger charge is -2.29. The molecule has 1 aromatic rings. The third kappa shape index (κ3) is 4.25. The van der Waals surface area contributed by atoms with Crippen LogP contribution in [-0.4, -0.2) is 13.2 Å². The number of halogens is 2. The highest BCUT2D eigenvalue weighted by Gasteiger charge is 2.25. The molecule has 1 aliphatic rings. The Hall–Kier alpha value is -1.51. The van der Waals surface area contributed by atoms with Crippen LogP contribution in [0.4, 0.5) is 8.78 Å². The summed E-state index contributed by atoms with van der Waals surface area (Å²) in [6.07, 6.45) is 5.08. The number of unbranched alkanes of at least 4 members (excludes halogenated alkanes) is 3. The molecule has 0 saturated carbocycles. The Morgan fingerprint density at radius 1 is 1.14 bits per heavy atom. The van der Waals surface area contributed by atoms with Gasteiger partial charge in [-0.15, -0.1) is 0 Å². The molecule has 0 aromatic heterocycles. The zero-order valence-corrected chi connectivity index (χ0v) is 12.8. The zero-order chi connectivity index (χ0) is 15.9. The Bertz CT molecular complexity index is 511. The molecule has 0 spiro atoms.